The van der Waals surface area contributed by atoms with Gasteiger partial charge in [0.15, 0.2) is 5.65 Å². The number of nitrogens with zero attached hydrogens (tertiary/aromatic N) is 3. The van der Waals surface area contributed by atoms with Crippen LogP contribution in [0.5, 0.6) is 0 Å². The molecule has 0 saturated heterocycles. The first-order valence-electron chi connectivity index (χ1n) is 8.85. The van der Waals surface area contributed by atoms with Crippen molar-refractivity contribution in [1.29, 1.82) is 0 Å². The van der Waals surface area contributed by atoms with Crippen molar-refractivity contribution < 1.29 is 4.79 Å². The van der Waals surface area contributed by atoms with E-state index >= 15 is 0 Å². The third kappa shape index (κ3) is 4.18. The van der Waals surface area contributed by atoms with E-state index in [2.05, 4.69) is 51.9 Å². The highest BCUT2D eigenvalue weighted by Crippen LogP contribution is 2.25. The summed E-state index contributed by atoms with van der Waals surface area (Å²) in [6, 6.07) is 10.3. The van der Waals surface area contributed by atoms with Gasteiger partial charge in [0, 0.05) is 37.8 Å². The number of carbonyl (C=O) groups excluding carboxylic acids is 1. The van der Waals surface area contributed by atoms with Crippen LogP contribution in [-0.4, -0.2) is 40.1 Å². The quantitative estimate of drug-likeness (QED) is 0.538. The van der Waals surface area contributed by atoms with Gasteiger partial charge in [-0.25, -0.2) is 9.50 Å². The van der Waals surface area contributed by atoms with Gasteiger partial charge in [0.05, 0.1) is 6.20 Å². The second-order valence-corrected chi connectivity index (χ2v) is 6.01. The number of amides is 1. The summed E-state index contributed by atoms with van der Waals surface area (Å²) in [5, 5.41) is 10.4. The summed E-state index contributed by atoms with van der Waals surface area (Å²) < 4.78 is 1.77. The van der Waals surface area contributed by atoms with Crippen LogP contribution in [0.4, 0.5) is 5.82 Å². The molecular formula is C19H24N6O. The average Bonchev–Trinajstić information content (AvgIpc) is 3.09. The van der Waals surface area contributed by atoms with Gasteiger partial charge < -0.3 is 16.4 Å². The molecule has 0 aliphatic rings. The van der Waals surface area contributed by atoms with Crippen molar-refractivity contribution in [3.8, 4) is 11.1 Å². The molecule has 0 aliphatic carbocycles. The number of nitrogens with one attached hydrogen (secondary N) is 2. The van der Waals surface area contributed by atoms with Crippen molar-refractivity contribution in [2.75, 3.05) is 25.0 Å². The number of aromatic nitrogens is 3. The molecule has 1 amide bonds. The highest BCUT2D eigenvalue weighted by Gasteiger charge is 2.09. The van der Waals surface area contributed by atoms with Crippen molar-refractivity contribution in [3.63, 3.8) is 0 Å². The van der Waals surface area contributed by atoms with Gasteiger partial charge in [-0.3, -0.25) is 4.79 Å². The molecule has 0 spiro atoms. The van der Waals surface area contributed by atoms with Gasteiger partial charge in [0.25, 0.3) is 0 Å². The Morgan fingerprint density at radius 2 is 2.15 bits per heavy atom. The van der Waals surface area contributed by atoms with Gasteiger partial charge in [-0.15, -0.1) is 0 Å². The van der Waals surface area contributed by atoms with Gasteiger partial charge in [-0.05, 0) is 23.6 Å². The van der Waals surface area contributed by atoms with Gasteiger partial charge in [-0.1, -0.05) is 31.2 Å². The molecule has 4 N–H and O–H groups in total. The topological polar surface area (TPSA) is 97.3 Å². The minimum absolute atomic E-state index is 0.0356. The second kappa shape index (κ2) is 8.44. The van der Waals surface area contributed by atoms with Crippen molar-refractivity contribution in [2.45, 2.75) is 19.8 Å². The SMILES string of the molecule is CCc1cccc(-c2cnn3ccc(NCCNC(=O)CCN)nc23)c1. The van der Waals surface area contributed by atoms with Crippen LogP contribution in [0.15, 0.2) is 42.7 Å². The molecule has 2 heterocycles. The first-order chi connectivity index (χ1) is 12.7. The summed E-state index contributed by atoms with van der Waals surface area (Å²) in [7, 11) is 0. The van der Waals surface area contributed by atoms with Gasteiger partial charge in [-0.2, -0.15) is 5.10 Å². The van der Waals surface area contributed by atoms with Gasteiger partial charge in [0.1, 0.15) is 5.82 Å². The minimum Gasteiger partial charge on any atom is -0.368 e. The van der Waals surface area contributed by atoms with Crippen LogP contribution < -0.4 is 16.4 Å². The average molecular weight is 352 g/mol. The fraction of sp³-hybridized carbons (Fsp3) is 0.316. The summed E-state index contributed by atoms with van der Waals surface area (Å²) >= 11 is 0. The summed E-state index contributed by atoms with van der Waals surface area (Å²) in [4.78, 5) is 16.1. The van der Waals surface area contributed by atoms with E-state index in [1.807, 2.05) is 18.5 Å². The van der Waals surface area contributed by atoms with Crippen molar-refractivity contribution in [1.82, 2.24) is 19.9 Å². The Hall–Kier alpha value is -2.93. The Balaban J connectivity index is 1.72. The van der Waals surface area contributed by atoms with E-state index in [0.717, 1.165) is 29.0 Å². The zero-order valence-electron chi connectivity index (χ0n) is 14.9. The molecule has 0 saturated carbocycles. The smallest absolute Gasteiger partial charge is 0.221 e. The van der Waals surface area contributed by atoms with E-state index < -0.39 is 0 Å². The molecule has 0 radical (unpaired) electrons. The fourth-order valence-electron chi connectivity index (χ4n) is 2.74. The standard InChI is InChI=1S/C19H24N6O/c1-2-14-4-3-5-15(12-14)16-13-23-25-11-7-17(24-19(16)25)21-9-10-22-18(26)6-8-20/h3-5,7,11-13H,2,6,8-10,20H2,1H3,(H,21,24)(H,22,26). The zero-order valence-corrected chi connectivity index (χ0v) is 14.9. The van der Waals surface area contributed by atoms with Crippen LogP contribution in [0.2, 0.25) is 0 Å². The molecule has 7 nitrogen and oxygen atoms in total. The molecule has 136 valence electrons. The van der Waals surface area contributed by atoms with Crippen LogP contribution in [0.25, 0.3) is 16.8 Å². The normalized spacial score (nSPS) is 10.8. The number of nitrogens with two attached hydrogens (primary N) is 1. The highest BCUT2D eigenvalue weighted by atomic mass is 16.1. The predicted octanol–water partition coefficient (Wildman–Crippen LogP) is 1.84. The molecule has 0 unspecified atom stereocenters. The predicted molar refractivity (Wildman–Crippen MR) is 103 cm³/mol. The number of benzene rings is 1. The van der Waals surface area contributed by atoms with E-state index in [9.17, 15) is 4.79 Å². The van der Waals surface area contributed by atoms with E-state index in [0.29, 0.717) is 26.1 Å². The molecule has 7 heteroatoms. The number of hydrogen-bond donors (Lipinski definition) is 3. The fourth-order valence-corrected chi connectivity index (χ4v) is 2.74. The highest BCUT2D eigenvalue weighted by molar-refractivity contribution is 5.78. The number of carbonyl (C=O) groups is 1. The van der Waals surface area contributed by atoms with Crippen LogP contribution in [0.3, 0.4) is 0 Å². The van der Waals surface area contributed by atoms with E-state index in [1.54, 1.807) is 4.52 Å². The van der Waals surface area contributed by atoms with E-state index in [4.69, 9.17) is 5.73 Å². The first-order valence-corrected chi connectivity index (χ1v) is 8.85. The molecule has 1 aromatic carbocycles. The van der Waals surface area contributed by atoms with Gasteiger partial charge >= 0.3 is 0 Å². The first kappa shape index (κ1) is 17.9. The molecule has 0 fully saturated rings. The lowest BCUT2D eigenvalue weighted by molar-refractivity contribution is -0.120. The van der Waals surface area contributed by atoms with E-state index in [-0.39, 0.29) is 5.91 Å². The Morgan fingerprint density at radius 1 is 1.27 bits per heavy atom. The van der Waals surface area contributed by atoms with Crippen LogP contribution >= 0.6 is 0 Å². The molecule has 3 rings (SSSR count). The van der Waals surface area contributed by atoms with Crippen molar-refractivity contribution >= 4 is 17.4 Å². The molecule has 3 aromatic rings. The Kier molecular flexibility index (Phi) is 5.80. The maximum Gasteiger partial charge on any atom is 0.221 e. The lowest BCUT2D eigenvalue weighted by atomic mass is 10.0. The Morgan fingerprint density at radius 3 is 2.96 bits per heavy atom. The van der Waals surface area contributed by atoms with Crippen molar-refractivity contribution in [3.05, 3.63) is 48.3 Å². The van der Waals surface area contributed by atoms with Crippen LogP contribution in [0.1, 0.15) is 18.9 Å². The monoisotopic (exact) mass is 352 g/mol. The minimum atomic E-state index is -0.0356. The number of fused-ring (bicyclic) bond motifs is 1. The third-order valence-corrected chi connectivity index (χ3v) is 4.14. The van der Waals surface area contributed by atoms with Crippen LogP contribution in [0, 0.1) is 0 Å². The lowest BCUT2D eigenvalue weighted by Crippen LogP contribution is -2.30. The molecule has 0 bridgehead atoms. The summed E-state index contributed by atoms with van der Waals surface area (Å²) in [6.07, 6.45) is 5.06. The molecule has 0 atom stereocenters. The Bertz CT molecular complexity index is 889. The molecule has 0 aliphatic heterocycles. The number of hydrogen-bond acceptors (Lipinski definition) is 5. The van der Waals surface area contributed by atoms with E-state index in [1.165, 1.54) is 5.56 Å². The van der Waals surface area contributed by atoms with Gasteiger partial charge in [0.2, 0.25) is 5.91 Å². The molecular weight excluding hydrogens is 328 g/mol. The number of rotatable bonds is 8. The second-order valence-electron chi connectivity index (χ2n) is 6.01. The maximum atomic E-state index is 11.4. The molecule has 26 heavy (non-hydrogen) atoms. The summed E-state index contributed by atoms with van der Waals surface area (Å²) in [5.74, 6) is 0.713. The maximum absolute atomic E-state index is 11.4. The van der Waals surface area contributed by atoms with Crippen molar-refractivity contribution in [2.24, 2.45) is 5.73 Å². The third-order valence-electron chi connectivity index (χ3n) is 4.14. The zero-order chi connectivity index (χ0) is 18.4. The van der Waals surface area contributed by atoms with Crippen LogP contribution in [-0.2, 0) is 11.2 Å². The lowest BCUT2D eigenvalue weighted by Gasteiger charge is -2.08. The largest absolute Gasteiger partial charge is 0.368 e. The summed E-state index contributed by atoms with van der Waals surface area (Å²) in [6.45, 7) is 3.62. The summed E-state index contributed by atoms with van der Waals surface area (Å²) in [5.41, 5.74) is 9.55. The number of anilines is 1. The number of aryl methyl sites for hydroxylation is 1. The molecule has 2 aromatic heterocycles. The Labute approximate surface area is 152 Å².